The van der Waals surface area contributed by atoms with E-state index in [-0.39, 0.29) is 0 Å². The van der Waals surface area contributed by atoms with Crippen molar-refractivity contribution in [2.75, 3.05) is 18.9 Å². The van der Waals surface area contributed by atoms with Crippen molar-refractivity contribution in [2.45, 2.75) is 32.9 Å². The summed E-state index contributed by atoms with van der Waals surface area (Å²) in [6.45, 7) is 5.91. The molecular weight excluding hydrogens is 262 g/mol. The Labute approximate surface area is 126 Å². The van der Waals surface area contributed by atoms with Gasteiger partial charge in [-0.25, -0.2) is 9.97 Å². The summed E-state index contributed by atoms with van der Waals surface area (Å²) in [5.74, 6) is 0.686. The minimum absolute atomic E-state index is 0.411. The van der Waals surface area contributed by atoms with Gasteiger partial charge in [0.2, 0.25) is 5.95 Å². The molecule has 0 aliphatic heterocycles. The van der Waals surface area contributed by atoms with Gasteiger partial charge in [-0.05, 0) is 33.0 Å². The van der Waals surface area contributed by atoms with E-state index in [4.69, 9.17) is 0 Å². The maximum absolute atomic E-state index is 4.38. The minimum atomic E-state index is 0.411. The summed E-state index contributed by atoms with van der Waals surface area (Å²) < 4.78 is 0. The molecule has 0 unspecified atom stereocenters. The normalized spacial score (nSPS) is 12.4. The Morgan fingerprint density at radius 3 is 2.57 bits per heavy atom. The molecule has 1 atom stereocenters. The Morgan fingerprint density at radius 1 is 1.19 bits per heavy atom. The van der Waals surface area contributed by atoms with Crippen LogP contribution in [-0.2, 0) is 13.0 Å². The van der Waals surface area contributed by atoms with Crippen molar-refractivity contribution < 1.29 is 0 Å². The number of anilines is 1. The predicted molar refractivity (Wildman–Crippen MR) is 85.1 cm³/mol. The van der Waals surface area contributed by atoms with E-state index in [1.165, 1.54) is 0 Å². The summed E-state index contributed by atoms with van der Waals surface area (Å²) in [6.07, 6.45) is 6.55. The molecule has 0 aliphatic rings. The average Bonchev–Trinajstić information content (AvgIpc) is 2.50. The molecule has 5 nitrogen and oxygen atoms in total. The van der Waals surface area contributed by atoms with Gasteiger partial charge in [-0.15, -0.1) is 0 Å². The zero-order valence-corrected chi connectivity index (χ0v) is 13.0. The molecule has 0 amide bonds. The molecular formula is C16H23N5. The second-order valence-electron chi connectivity index (χ2n) is 5.23. The zero-order chi connectivity index (χ0) is 15.1. The lowest BCUT2D eigenvalue weighted by molar-refractivity contribution is 0.246. The summed E-state index contributed by atoms with van der Waals surface area (Å²) >= 11 is 0. The fraction of sp³-hybridized carbons (Fsp3) is 0.438. The van der Waals surface area contributed by atoms with E-state index in [1.54, 1.807) is 0 Å². The Kier molecular flexibility index (Phi) is 5.63. The number of nitrogens with zero attached hydrogens (tertiary/aromatic N) is 4. The van der Waals surface area contributed by atoms with Crippen molar-refractivity contribution >= 4 is 5.95 Å². The van der Waals surface area contributed by atoms with Gasteiger partial charge >= 0.3 is 0 Å². The Hall–Kier alpha value is -2.01. The quantitative estimate of drug-likeness (QED) is 0.846. The molecule has 0 bridgehead atoms. The third-order valence-electron chi connectivity index (χ3n) is 3.46. The number of hydrogen-bond acceptors (Lipinski definition) is 5. The lowest BCUT2D eigenvalue weighted by Crippen LogP contribution is -2.30. The van der Waals surface area contributed by atoms with Crippen LogP contribution in [0.4, 0.5) is 5.95 Å². The highest BCUT2D eigenvalue weighted by atomic mass is 15.1. The summed E-state index contributed by atoms with van der Waals surface area (Å²) in [5, 5.41) is 3.10. The van der Waals surface area contributed by atoms with Gasteiger partial charge in [-0.1, -0.05) is 6.07 Å². The van der Waals surface area contributed by atoms with E-state index in [2.05, 4.69) is 45.2 Å². The van der Waals surface area contributed by atoms with Gasteiger partial charge in [0, 0.05) is 55.4 Å². The van der Waals surface area contributed by atoms with Crippen LogP contribution in [0.1, 0.15) is 25.1 Å². The first-order valence-corrected chi connectivity index (χ1v) is 7.34. The van der Waals surface area contributed by atoms with Crippen LogP contribution in [0.15, 0.2) is 36.8 Å². The van der Waals surface area contributed by atoms with Crippen LogP contribution in [0.3, 0.4) is 0 Å². The van der Waals surface area contributed by atoms with E-state index < -0.39 is 0 Å². The number of hydrogen-bond donors (Lipinski definition) is 1. The van der Waals surface area contributed by atoms with Crippen molar-refractivity contribution in [3.05, 3.63) is 48.0 Å². The number of rotatable bonds is 7. The van der Waals surface area contributed by atoms with Crippen molar-refractivity contribution in [3.63, 3.8) is 0 Å². The molecule has 112 valence electrons. The number of nitrogens with one attached hydrogen (secondary N) is 1. The number of likely N-dealkylation sites (N-methyl/N-ethyl adjacent to an activating group) is 1. The Balaban J connectivity index is 1.89. The monoisotopic (exact) mass is 285 g/mol. The Bertz CT molecular complexity index is 526. The smallest absolute Gasteiger partial charge is 0.222 e. The maximum atomic E-state index is 4.38. The zero-order valence-electron chi connectivity index (χ0n) is 13.0. The van der Waals surface area contributed by atoms with Crippen LogP contribution in [0.5, 0.6) is 0 Å². The first-order valence-electron chi connectivity index (χ1n) is 7.34. The summed E-state index contributed by atoms with van der Waals surface area (Å²) in [4.78, 5) is 15.3. The van der Waals surface area contributed by atoms with Gasteiger partial charge in [0.25, 0.3) is 0 Å². The lowest BCUT2D eigenvalue weighted by Gasteiger charge is -2.24. The first-order chi connectivity index (χ1) is 10.2. The molecule has 21 heavy (non-hydrogen) atoms. The van der Waals surface area contributed by atoms with Gasteiger partial charge in [-0.2, -0.15) is 0 Å². The van der Waals surface area contributed by atoms with Crippen molar-refractivity contribution in [3.8, 4) is 0 Å². The second kappa shape index (κ2) is 7.69. The van der Waals surface area contributed by atoms with Gasteiger partial charge in [0.05, 0.1) is 0 Å². The molecule has 0 saturated heterocycles. The SMILES string of the molecule is CCNc1ncc(CN(C)[C@H](C)Cc2ccccn2)cn1. The van der Waals surface area contributed by atoms with E-state index in [0.29, 0.717) is 12.0 Å². The molecule has 2 heterocycles. The highest BCUT2D eigenvalue weighted by Gasteiger charge is 2.11. The molecule has 2 aromatic rings. The van der Waals surface area contributed by atoms with Crippen LogP contribution in [0.2, 0.25) is 0 Å². The third-order valence-corrected chi connectivity index (χ3v) is 3.46. The minimum Gasteiger partial charge on any atom is -0.355 e. The van der Waals surface area contributed by atoms with Gasteiger partial charge in [-0.3, -0.25) is 9.88 Å². The third kappa shape index (κ3) is 4.79. The fourth-order valence-corrected chi connectivity index (χ4v) is 2.11. The van der Waals surface area contributed by atoms with Crippen LogP contribution < -0.4 is 5.32 Å². The van der Waals surface area contributed by atoms with Crippen molar-refractivity contribution in [1.29, 1.82) is 0 Å². The number of aromatic nitrogens is 3. The molecule has 0 spiro atoms. The highest BCUT2D eigenvalue weighted by molar-refractivity contribution is 5.24. The maximum Gasteiger partial charge on any atom is 0.222 e. The van der Waals surface area contributed by atoms with Gasteiger partial charge in [0.1, 0.15) is 0 Å². The van der Waals surface area contributed by atoms with E-state index in [0.717, 1.165) is 30.8 Å². The molecule has 0 saturated carbocycles. The molecule has 0 fully saturated rings. The molecule has 1 N–H and O–H groups in total. The van der Waals surface area contributed by atoms with Gasteiger partial charge < -0.3 is 5.32 Å². The molecule has 0 radical (unpaired) electrons. The van der Waals surface area contributed by atoms with Gasteiger partial charge in [0.15, 0.2) is 0 Å². The summed E-state index contributed by atoms with van der Waals surface area (Å²) in [7, 11) is 2.12. The topological polar surface area (TPSA) is 53.9 Å². The van der Waals surface area contributed by atoms with E-state index in [9.17, 15) is 0 Å². The first kappa shape index (κ1) is 15.4. The molecule has 0 aromatic carbocycles. The van der Waals surface area contributed by atoms with Crippen molar-refractivity contribution in [1.82, 2.24) is 19.9 Å². The molecule has 2 aromatic heterocycles. The molecule has 5 heteroatoms. The average molecular weight is 285 g/mol. The van der Waals surface area contributed by atoms with Crippen molar-refractivity contribution in [2.24, 2.45) is 0 Å². The number of pyridine rings is 1. The van der Waals surface area contributed by atoms with Crippen LogP contribution in [0.25, 0.3) is 0 Å². The van der Waals surface area contributed by atoms with Crippen LogP contribution in [-0.4, -0.2) is 39.5 Å². The molecule has 0 aliphatic carbocycles. The lowest BCUT2D eigenvalue weighted by atomic mass is 10.1. The molecule has 2 rings (SSSR count). The van der Waals surface area contributed by atoms with E-state index >= 15 is 0 Å². The predicted octanol–water partition coefficient (Wildman–Crippen LogP) is 2.37. The second-order valence-corrected chi connectivity index (χ2v) is 5.23. The fourth-order valence-electron chi connectivity index (χ4n) is 2.11. The standard InChI is InChI=1S/C16H23N5/c1-4-17-16-19-10-14(11-20-16)12-21(3)13(2)9-15-7-5-6-8-18-15/h5-8,10-11,13H,4,9,12H2,1-3H3,(H,17,19,20)/t13-/m1/s1. The highest BCUT2D eigenvalue weighted by Crippen LogP contribution is 2.09. The van der Waals surface area contributed by atoms with Crippen LogP contribution in [0, 0.1) is 0 Å². The Morgan fingerprint density at radius 2 is 1.95 bits per heavy atom. The van der Waals surface area contributed by atoms with Crippen LogP contribution >= 0.6 is 0 Å². The largest absolute Gasteiger partial charge is 0.355 e. The summed E-state index contributed by atoms with van der Waals surface area (Å²) in [6, 6.07) is 6.45. The summed E-state index contributed by atoms with van der Waals surface area (Å²) in [5.41, 5.74) is 2.24. The van der Waals surface area contributed by atoms with E-state index in [1.807, 2.05) is 37.6 Å².